The summed E-state index contributed by atoms with van der Waals surface area (Å²) in [6.07, 6.45) is 3.97. The van der Waals surface area contributed by atoms with E-state index in [1.54, 1.807) is 18.5 Å². The SMILES string of the molecule is Cc1ccc(Oc2ccc(CCNc3cnccc3C(N)=O)cc2)cc1. The van der Waals surface area contributed by atoms with Gasteiger partial charge >= 0.3 is 0 Å². The summed E-state index contributed by atoms with van der Waals surface area (Å²) in [5.74, 6) is 1.15. The average molecular weight is 347 g/mol. The second kappa shape index (κ2) is 8.16. The molecule has 3 rings (SSSR count). The summed E-state index contributed by atoms with van der Waals surface area (Å²) in [5.41, 5.74) is 8.83. The highest BCUT2D eigenvalue weighted by Gasteiger charge is 2.07. The number of carbonyl (C=O) groups is 1. The standard InChI is InChI=1S/C21H21N3O2/c1-15-2-6-17(7-3-15)26-18-8-4-16(5-9-18)10-13-24-20-14-23-12-11-19(20)21(22)25/h2-9,11-12,14,24H,10,13H2,1H3,(H2,22,25). The molecular formula is C21H21N3O2. The molecular weight excluding hydrogens is 326 g/mol. The number of aromatic nitrogens is 1. The van der Waals surface area contributed by atoms with Crippen LogP contribution in [-0.2, 0) is 6.42 Å². The van der Waals surface area contributed by atoms with Crippen molar-refractivity contribution in [1.82, 2.24) is 4.98 Å². The highest BCUT2D eigenvalue weighted by molar-refractivity contribution is 5.98. The number of pyridine rings is 1. The molecule has 3 aromatic rings. The third kappa shape index (κ3) is 4.60. The van der Waals surface area contributed by atoms with E-state index in [-0.39, 0.29) is 0 Å². The lowest BCUT2D eigenvalue weighted by Crippen LogP contribution is -2.15. The van der Waals surface area contributed by atoms with E-state index in [1.807, 2.05) is 55.5 Å². The molecule has 0 spiro atoms. The molecule has 0 atom stereocenters. The van der Waals surface area contributed by atoms with Gasteiger partial charge in [0.15, 0.2) is 0 Å². The number of nitrogens with one attached hydrogen (secondary N) is 1. The van der Waals surface area contributed by atoms with Crippen molar-refractivity contribution in [3.63, 3.8) is 0 Å². The fourth-order valence-electron chi connectivity index (χ4n) is 2.56. The minimum absolute atomic E-state index is 0.446. The molecule has 1 aromatic heterocycles. The number of ether oxygens (including phenoxy) is 1. The monoisotopic (exact) mass is 347 g/mol. The van der Waals surface area contributed by atoms with E-state index in [0.29, 0.717) is 17.8 Å². The summed E-state index contributed by atoms with van der Waals surface area (Å²) >= 11 is 0. The Bertz CT molecular complexity index is 875. The number of hydrogen-bond acceptors (Lipinski definition) is 4. The third-order valence-corrected chi connectivity index (χ3v) is 4.00. The highest BCUT2D eigenvalue weighted by Crippen LogP contribution is 2.22. The van der Waals surface area contributed by atoms with Crippen LogP contribution in [0.2, 0.25) is 0 Å². The predicted molar refractivity (Wildman–Crippen MR) is 103 cm³/mol. The molecule has 0 bridgehead atoms. The van der Waals surface area contributed by atoms with Gasteiger partial charge in [0, 0.05) is 12.7 Å². The second-order valence-corrected chi connectivity index (χ2v) is 6.02. The first-order valence-electron chi connectivity index (χ1n) is 8.43. The Labute approximate surface area is 152 Å². The van der Waals surface area contributed by atoms with Crippen molar-refractivity contribution in [2.75, 3.05) is 11.9 Å². The zero-order valence-electron chi connectivity index (χ0n) is 14.6. The van der Waals surface area contributed by atoms with E-state index in [4.69, 9.17) is 10.5 Å². The quantitative estimate of drug-likeness (QED) is 0.679. The van der Waals surface area contributed by atoms with E-state index in [2.05, 4.69) is 10.3 Å². The predicted octanol–water partition coefficient (Wildman–Crippen LogP) is 3.94. The number of rotatable bonds is 7. The molecule has 0 radical (unpaired) electrons. The molecule has 132 valence electrons. The smallest absolute Gasteiger partial charge is 0.250 e. The van der Waals surface area contributed by atoms with Crippen molar-refractivity contribution >= 4 is 11.6 Å². The number of primary amides is 1. The lowest BCUT2D eigenvalue weighted by atomic mass is 10.1. The molecule has 0 fully saturated rings. The zero-order chi connectivity index (χ0) is 18.4. The number of anilines is 1. The molecule has 5 nitrogen and oxygen atoms in total. The van der Waals surface area contributed by atoms with Crippen LogP contribution < -0.4 is 15.8 Å². The number of nitrogens with zero attached hydrogens (tertiary/aromatic N) is 1. The summed E-state index contributed by atoms with van der Waals surface area (Å²) in [5, 5.41) is 3.21. The van der Waals surface area contributed by atoms with E-state index < -0.39 is 5.91 Å². The van der Waals surface area contributed by atoms with Crippen molar-refractivity contribution in [3.8, 4) is 11.5 Å². The van der Waals surface area contributed by atoms with Crippen LogP contribution in [0, 0.1) is 6.92 Å². The first-order valence-corrected chi connectivity index (χ1v) is 8.43. The maximum atomic E-state index is 11.4. The Morgan fingerprint density at radius 1 is 1.04 bits per heavy atom. The Morgan fingerprint density at radius 2 is 1.69 bits per heavy atom. The van der Waals surface area contributed by atoms with Gasteiger partial charge < -0.3 is 15.8 Å². The summed E-state index contributed by atoms with van der Waals surface area (Å²) in [7, 11) is 0. The van der Waals surface area contributed by atoms with Gasteiger partial charge in [0.2, 0.25) is 0 Å². The number of benzene rings is 2. The van der Waals surface area contributed by atoms with Crippen LogP contribution in [0.4, 0.5) is 5.69 Å². The Kier molecular flexibility index (Phi) is 5.49. The number of aryl methyl sites for hydroxylation is 1. The van der Waals surface area contributed by atoms with Crippen molar-refractivity contribution in [3.05, 3.63) is 83.7 Å². The number of hydrogen-bond donors (Lipinski definition) is 2. The fraction of sp³-hybridized carbons (Fsp3) is 0.143. The third-order valence-electron chi connectivity index (χ3n) is 4.00. The summed E-state index contributed by atoms with van der Waals surface area (Å²) in [6.45, 7) is 2.72. The van der Waals surface area contributed by atoms with Gasteiger partial charge in [-0.1, -0.05) is 29.8 Å². The molecule has 2 aromatic carbocycles. The highest BCUT2D eigenvalue weighted by atomic mass is 16.5. The van der Waals surface area contributed by atoms with Gasteiger partial charge in [0.05, 0.1) is 17.4 Å². The van der Waals surface area contributed by atoms with Gasteiger partial charge in [-0.2, -0.15) is 0 Å². The zero-order valence-corrected chi connectivity index (χ0v) is 14.6. The summed E-state index contributed by atoms with van der Waals surface area (Å²) < 4.78 is 5.83. The lowest BCUT2D eigenvalue weighted by Gasteiger charge is -2.10. The van der Waals surface area contributed by atoms with Gasteiger partial charge in [-0.15, -0.1) is 0 Å². The van der Waals surface area contributed by atoms with Crippen LogP contribution >= 0.6 is 0 Å². The molecule has 0 unspecified atom stereocenters. The first kappa shape index (κ1) is 17.5. The van der Waals surface area contributed by atoms with Gasteiger partial charge in [0.1, 0.15) is 11.5 Å². The fourth-order valence-corrected chi connectivity index (χ4v) is 2.56. The van der Waals surface area contributed by atoms with Crippen LogP contribution in [0.5, 0.6) is 11.5 Å². The van der Waals surface area contributed by atoms with Gasteiger partial charge in [-0.05, 0) is 49.2 Å². The van der Waals surface area contributed by atoms with E-state index in [0.717, 1.165) is 17.9 Å². The van der Waals surface area contributed by atoms with E-state index in [9.17, 15) is 4.79 Å². The molecule has 0 saturated carbocycles. The van der Waals surface area contributed by atoms with E-state index in [1.165, 1.54) is 11.1 Å². The van der Waals surface area contributed by atoms with Gasteiger partial charge in [-0.25, -0.2) is 0 Å². The molecule has 0 saturated heterocycles. The topological polar surface area (TPSA) is 77.2 Å². The normalized spacial score (nSPS) is 10.3. The summed E-state index contributed by atoms with van der Waals surface area (Å²) in [4.78, 5) is 15.4. The average Bonchev–Trinajstić information content (AvgIpc) is 2.65. The number of amides is 1. The van der Waals surface area contributed by atoms with E-state index >= 15 is 0 Å². The van der Waals surface area contributed by atoms with Gasteiger partial charge in [-0.3, -0.25) is 9.78 Å². The van der Waals surface area contributed by atoms with Crippen molar-refractivity contribution in [1.29, 1.82) is 0 Å². The van der Waals surface area contributed by atoms with Crippen LogP contribution in [0.15, 0.2) is 67.0 Å². The van der Waals surface area contributed by atoms with Crippen LogP contribution in [-0.4, -0.2) is 17.4 Å². The molecule has 0 aliphatic carbocycles. The molecule has 3 N–H and O–H groups in total. The van der Waals surface area contributed by atoms with Crippen LogP contribution in [0.25, 0.3) is 0 Å². The van der Waals surface area contributed by atoms with Crippen LogP contribution in [0.3, 0.4) is 0 Å². The molecule has 5 heteroatoms. The maximum Gasteiger partial charge on any atom is 0.250 e. The molecule has 0 aliphatic heterocycles. The minimum Gasteiger partial charge on any atom is -0.457 e. The number of carbonyl (C=O) groups excluding carboxylic acids is 1. The maximum absolute atomic E-state index is 11.4. The largest absolute Gasteiger partial charge is 0.457 e. The number of nitrogens with two attached hydrogens (primary N) is 1. The van der Waals surface area contributed by atoms with Crippen LogP contribution in [0.1, 0.15) is 21.5 Å². The summed E-state index contributed by atoms with van der Waals surface area (Å²) in [6, 6.07) is 17.5. The second-order valence-electron chi connectivity index (χ2n) is 6.02. The lowest BCUT2D eigenvalue weighted by molar-refractivity contribution is 0.100. The Morgan fingerprint density at radius 3 is 2.35 bits per heavy atom. The first-order chi connectivity index (χ1) is 12.6. The van der Waals surface area contributed by atoms with Crippen molar-refractivity contribution in [2.45, 2.75) is 13.3 Å². The molecule has 1 amide bonds. The van der Waals surface area contributed by atoms with Crippen molar-refractivity contribution < 1.29 is 9.53 Å². The molecule has 0 aliphatic rings. The molecule has 1 heterocycles. The Balaban J connectivity index is 1.55. The van der Waals surface area contributed by atoms with Gasteiger partial charge in [0.25, 0.3) is 5.91 Å². The Hall–Kier alpha value is -3.34. The van der Waals surface area contributed by atoms with Crippen molar-refractivity contribution in [2.24, 2.45) is 5.73 Å². The molecule has 26 heavy (non-hydrogen) atoms. The minimum atomic E-state index is -0.465.